The Labute approximate surface area is 122 Å². The summed E-state index contributed by atoms with van der Waals surface area (Å²) in [5.41, 5.74) is 7.86. The summed E-state index contributed by atoms with van der Waals surface area (Å²) in [5, 5.41) is 2.95. The number of carbonyl (C=O) groups excluding carboxylic acids is 1. The molecule has 5 nitrogen and oxygen atoms in total. The minimum atomic E-state index is -0.360. The van der Waals surface area contributed by atoms with E-state index in [-0.39, 0.29) is 17.8 Å². The smallest absolute Gasteiger partial charge is 0.233 e. The van der Waals surface area contributed by atoms with Gasteiger partial charge in [-0.15, -0.1) is 0 Å². The molecule has 0 saturated carbocycles. The summed E-state index contributed by atoms with van der Waals surface area (Å²) in [6.45, 7) is 3.58. The zero-order chi connectivity index (χ0) is 14.7. The van der Waals surface area contributed by atoms with Crippen molar-refractivity contribution in [2.24, 2.45) is 0 Å². The molecule has 3 N–H and O–H groups in total. The SMILES string of the molecule is Cc1cc(Cl)nc(NC(=O)C(C)c2cccc(N)c2)n1. The largest absolute Gasteiger partial charge is 0.399 e. The van der Waals surface area contributed by atoms with Gasteiger partial charge in [0.2, 0.25) is 11.9 Å². The second-order valence-electron chi connectivity index (χ2n) is 4.54. The number of nitrogens with one attached hydrogen (secondary N) is 1. The first-order valence-corrected chi connectivity index (χ1v) is 6.51. The quantitative estimate of drug-likeness (QED) is 0.673. The van der Waals surface area contributed by atoms with Gasteiger partial charge in [0, 0.05) is 11.4 Å². The predicted molar refractivity (Wildman–Crippen MR) is 79.7 cm³/mol. The van der Waals surface area contributed by atoms with Gasteiger partial charge in [-0.05, 0) is 37.6 Å². The topological polar surface area (TPSA) is 80.9 Å². The van der Waals surface area contributed by atoms with Gasteiger partial charge >= 0.3 is 0 Å². The van der Waals surface area contributed by atoms with Crippen molar-refractivity contribution in [1.29, 1.82) is 0 Å². The van der Waals surface area contributed by atoms with E-state index in [4.69, 9.17) is 17.3 Å². The Balaban J connectivity index is 2.15. The lowest BCUT2D eigenvalue weighted by molar-refractivity contribution is -0.117. The maximum absolute atomic E-state index is 12.2. The number of hydrogen-bond donors (Lipinski definition) is 2. The van der Waals surface area contributed by atoms with Gasteiger partial charge in [0.05, 0.1) is 5.92 Å². The van der Waals surface area contributed by atoms with Crippen LogP contribution in [0, 0.1) is 6.92 Å². The predicted octanol–water partition coefficient (Wildman–Crippen LogP) is 2.76. The third-order valence-corrected chi connectivity index (χ3v) is 3.06. The molecule has 1 aromatic carbocycles. The second kappa shape index (κ2) is 5.88. The number of aryl methyl sites for hydroxylation is 1. The summed E-state index contributed by atoms with van der Waals surface area (Å²) in [4.78, 5) is 20.3. The first-order chi connectivity index (χ1) is 9.45. The van der Waals surface area contributed by atoms with E-state index in [0.29, 0.717) is 16.5 Å². The molecular formula is C14H15ClN4O. The Morgan fingerprint density at radius 2 is 2.10 bits per heavy atom. The Morgan fingerprint density at radius 1 is 1.35 bits per heavy atom. The van der Waals surface area contributed by atoms with E-state index in [1.807, 2.05) is 12.1 Å². The molecule has 0 aliphatic carbocycles. The molecule has 20 heavy (non-hydrogen) atoms. The molecule has 1 amide bonds. The molecule has 0 spiro atoms. The van der Waals surface area contributed by atoms with Crippen molar-refractivity contribution in [3.63, 3.8) is 0 Å². The molecular weight excluding hydrogens is 276 g/mol. The molecule has 0 radical (unpaired) electrons. The van der Waals surface area contributed by atoms with Crippen LogP contribution < -0.4 is 11.1 Å². The monoisotopic (exact) mass is 290 g/mol. The zero-order valence-corrected chi connectivity index (χ0v) is 12.0. The first kappa shape index (κ1) is 14.3. The van der Waals surface area contributed by atoms with Crippen molar-refractivity contribution >= 4 is 29.1 Å². The van der Waals surface area contributed by atoms with Gasteiger partial charge < -0.3 is 5.73 Å². The number of amides is 1. The van der Waals surface area contributed by atoms with Crippen LogP contribution in [0.25, 0.3) is 0 Å². The van der Waals surface area contributed by atoms with E-state index in [1.54, 1.807) is 32.0 Å². The number of nitrogen functional groups attached to an aromatic ring is 1. The number of anilines is 2. The molecule has 0 fully saturated rings. The molecule has 0 bridgehead atoms. The fraction of sp³-hybridized carbons (Fsp3) is 0.214. The molecule has 2 aromatic rings. The maximum atomic E-state index is 12.2. The normalized spacial score (nSPS) is 11.9. The molecule has 1 unspecified atom stereocenters. The van der Waals surface area contributed by atoms with E-state index in [1.165, 1.54) is 0 Å². The molecule has 0 aliphatic heterocycles. The molecule has 104 valence electrons. The fourth-order valence-electron chi connectivity index (χ4n) is 1.78. The van der Waals surface area contributed by atoms with Crippen LogP contribution in [0.5, 0.6) is 0 Å². The molecule has 1 atom stereocenters. The van der Waals surface area contributed by atoms with Crippen LogP contribution in [0.4, 0.5) is 11.6 Å². The highest BCUT2D eigenvalue weighted by Gasteiger charge is 2.16. The van der Waals surface area contributed by atoms with Crippen LogP contribution in [-0.2, 0) is 4.79 Å². The molecule has 1 heterocycles. The van der Waals surface area contributed by atoms with Crippen molar-refractivity contribution in [3.05, 3.63) is 46.7 Å². The van der Waals surface area contributed by atoms with Crippen molar-refractivity contribution in [2.75, 3.05) is 11.1 Å². The highest BCUT2D eigenvalue weighted by atomic mass is 35.5. The van der Waals surface area contributed by atoms with Crippen LogP contribution in [-0.4, -0.2) is 15.9 Å². The second-order valence-corrected chi connectivity index (χ2v) is 4.92. The van der Waals surface area contributed by atoms with Crippen LogP contribution in [0.1, 0.15) is 24.1 Å². The van der Waals surface area contributed by atoms with Gasteiger partial charge in [0.1, 0.15) is 5.15 Å². The van der Waals surface area contributed by atoms with Gasteiger partial charge in [-0.3, -0.25) is 10.1 Å². The summed E-state index contributed by atoms with van der Waals surface area (Å²) in [6.07, 6.45) is 0. The highest BCUT2D eigenvalue weighted by Crippen LogP contribution is 2.19. The third-order valence-electron chi connectivity index (χ3n) is 2.86. The third kappa shape index (κ3) is 3.45. The maximum Gasteiger partial charge on any atom is 0.233 e. The Hall–Kier alpha value is -2.14. The van der Waals surface area contributed by atoms with Crippen molar-refractivity contribution in [2.45, 2.75) is 19.8 Å². The minimum Gasteiger partial charge on any atom is -0.399 e. The van der Waals surface area contributed by atoms with Crippen molar-refractivity contribution in [1.82, 2.24) is 9.97 Å². The van der Waals surface area contributed by atoms with Crippen molar-refractivity contribution < 1.29 is 4.79 Å². The van der Waals surface area contributed by atoms with Gasteiger partial charge in [-0.1, -0.05) is 23.7 Å². The van der Waals surface area contributed by atoms with E-state index in [0.717, 1.165) is 5.56 Å². The zero-order valence-electron chi connectivity index (χ0n) is 11.2. The van der Waals surface area contributed by atoms with Gasteiger partial charge in [-0.25, -0.2) is 9.97 Å². The average Bonchev–Trinajstić information content (AvgIpc) is 2.36. The lowest BCUT2D eigenvalue weighted by Crippen LogP contribution is -2.20. The Bertz CT molecular complexity index is 625. The number of nitrogens with two attached hydrogens (primary N) is 1. The number of aromatic nitrogens is 2. The molecule has 0 saturated heterocycles. The van der Waals surface area contributed by atoms with E-state index < -0.39 is 0 Å². The minimum absolute atomic E-state index is 0.204. The molecule has 6 heteroatoms. The van der Waals surface area contributed by atoms with Gasteiger partial charge in [-0.2, -0.15) is 0 Å². The van der Waals surface area contributed by atoms with Gasteiger partial charge in [0.15, 0.2) is 0 Å². The summed E-state index contributed by atoms with van der Waals surface area (Å²) >= 11 is 5.83. The Morgan fingerprint density at radius 3 is 2.75 bits per heavy atom. The molecule has 1 aromatic heterocycles. The van der Waals surface area contributed by atoms with Crippen molar-refractivity contribution in [3.8, 4) is 0 Å². The van der Waals surface area contributed by atoms with Crippen LogP contribution in [0.15, 0.2) is 30.3 Å². The van der Waals surface area contributed by atoms with Crippen LogP contribution in [0.2, 0.25) is 5.15 Å². The van der Waals surface area contributed by atoms with Crippen LogP contribution >= 0.6 is 11.6 Å². The fourth-order valence-corrected chi connectivity index (χ4v) is 2.02. The number of benzene rings is 1. The number of carbonyl (C=O) groups is 1. The van der Waals surface area contributed by atoms with E-state index in [2.05, 4.69) is 15.3 Å². The Kier molecular flexibility index (Phi) is 4.20. The van der Waals surface area contributed by atoms with Gasteiger partial charge in [0.25, 0.3) is 0 Å². The average molecular weight is 291 g/mol. The standard InChI is InChI=1S/C14H15ClN4O/c1-8-6-12(15)18-14(17-8)19-13(20)9(2)10-4-3-5-11(16)7-10/h3-7,9H,16H2,1-2H3,(H,17,18,19,20). The lowest BCUT2D eigenvalue weighted by atomic mass is 10.00. The number of halogens is 1. The number of nitrogens with zero attached hydrogens (tertiary/aromatic N) is 2. The molecule has 0 aliphatic rings. The summed E-state index contributed by atoms with van der Waals surface area (Å²) < 4.78 is 0. The lowest BCUT2D eigenvalue weighted by Gasteiger charge is -2.12. The first-order valence-electron chi connectivity index (χ1n) is 6.13. The van der Waals surface area contributed by atoms with Crippen LogP contribution in [0.3, 0.4) is 0 Å². The summed E-state index contributed by atoms with van der Waals surface area (Å²) in [6, 6.07) is 8.84. The molecule has 2 rings (SSSR count). The summed E-state index contributed by atoms with van der Waals surface area (Å²) in [7, 11) is 0. The highest BCUT2D eigenvalue weighted by molar-refractivity contribution is 6.29. The summed E-state index contributed by atoms with van der Waals surface area (Å²) in [5.74, 6) is -0.366. The van der Waals surface area contributed by atoms with E-state index in [9.17, 15) is 4.79 Å². The number of rotatable bonds is 3. The number of hydrogen-bond acceptors (Lipinski definition) is 4. The van der Waals surface area contributed by atoms with E-state index >= 15 is 0 Å².